The van der Waals surface area contributed by atoms with E-state index in [2.05, 4.69) is 24.2 Å². The molecule has 0 fully saturated rings. The number of hydrogen-bond donors (Lipinski definition) is 1. The van der Waals surface area contributed by atoms with Crippen molar-refractivity contribution in [2.45, 2.75) is 58.3 Å². The van der Waals surface area contributed by atoms with Gasteiger partial charge >= 0.3 is 0 Å². The van der Waals surface area contributed by atoms with Gasteiger partial charge in [0.25, 0.3) is 0 Å². The van der Waals surface area contributed by atoms with E-state index in [4.69, 9.17) is 0 Å². The highest BCUT2D eigenvalue weighted by molar-refractivity contribution is 4.54. The SMILES string of the molecule is CCCCCCCCCCN(C)CCNC. The Morgan fingerprint density at radius 2 is 1.38 bits per heavy atom. The van der Waals surface area contributed by atoms with Crippen molar-refractivity contribution in [1.29, 1.82) is 0 Å². The lowest BCUT2D eigenvalue weighted by Crippen LogP contribution is -2.28. The molecule has 0 aromatic heterocycles. The summed E-state index contributed by atoms with van der Waals surface area (Å²) >= 11 is 0. The minimum absolute atomic E-state index is 1.10. The molecule has 0 saturated carbocycles. The molecule has 0 rings (SSSR count). The van der Waals surface area contributed by atoms with E-state index in [0.29, 0.717) is 0 Å². The normalized spacial score (nSPS) is 11.2. The second-order valence-electron chi connectivity index (χ2n) is 4.88. The average molecular weight is 228 g/mol. The number of likely N-dealkylation sites (N-methyl/N-ethyl adjacent to an activating group) is 2. The second-order valence-corrected chi connectivity index (χ2v) is 4.88. The quantitative estimate of drug-likeness (QED) is 0.516. The fraction of sp³-hybridized carbons (Fsp3) is 1.00. The van der Waals surface area contributed by atoms with Crippen molar-refractivity contribution < 1.29 is 0 Å². The topological polar surface area (TPSA) is 15.3 Å². The summed E-state index contributed by atoms with van der Waals surface area (Å²) in [6.07, 6.45) is 11.3. The van der Waals surface area contributed by atoms with Crippen LogP contribution in [0.5, 0.6) is 0 Å². The van der Waals surface area contributed by atoms with Gasteiger partial charge in [-0.1, -0.05) is 51.9 Å². The minimum atomic E-state index is 1.10. The number of nitrogens with zero attached hydrogens (tertiary/aromatic N) is 1. The summed E-state index contributed by atoms with van der Waals surface area (Å²) in [6.45, 7) is 5.82. The fourth-order valence-corrected chi connectivity index (χ4v) is 1.93. The van der Waals surface area contributed by atoms with Crippen LogP contribution in [0.1, 0.15) is 58.3 Å². The van der Waals surface area contributed by atoms with E-state index < -0.39 is 0 Å². The smallest absolute Gasteiger partial charge is 0.0104 e. The Morgan fingerprint density at radius 1 is 0.812 bits per heavy atom. The van der Waals surface area contributed by atoms with Gasteiger partial charge in [0.1, 0.15) is 0 Å². The van der Waals surface area contributed by atoms with Crippen LogP contribution in [-0.4, -0.2) is 38.6 Å². The third kappa shape index (κ3) is 12.0. The van der Waals surface area contributed by atoms with Crippen LogP contribution in [0.15, 0.2) is 0 Å². The maximum Gasteiger partial charge on any atom is 0.0104 e. The fourth-order valence-electron chi connectivity index (χ4n) is 1.93. The van der Waals surface area contributed by atoms with Crippen LogP contribution in [0.4, 0.5) is 0 Å². The van der Waals surface area contributed by atoms with Crippen molar-refractivity contribution in [3.05, 3.63) is 0 Å². The van der Waals surface area contributed by atoms with Crippen LogP contribution in [-0.2, 0) is 0 Å². The molecule has 0 spiro atoms. The summed E-state index contributed by atoms with van der Waals surface area (Å²) in [5, 5.41) is 3.19. The lowest BCUT2D eigenvalue weighted by molar-refractivity contribution is 0.325. The maximum atomic E-state index is 3.19. The Hall–Kier alpha value is -0.0800. The molecule has 2 nitrogen and oxygen atoms in total. The molecule has 16 heavy (non-hydrogen) atoms. The van der Waals surface area contributed by atoms with Crippen molar-refractivity contribution in [2.24, 2.45) is 0 Å². The lowest BCUT2D eigenvalue weighted by atomic mass is 10.1. The first-order chi connectivity index (χ1) is 7.81. The Balaban J connectivity index is 3.02. The highest BCUT2D eigenvalue weighted by Gasteiger charge is 1.97. The van der Waals surface area contributed by atoms with Gasteiger partial charge in [0.2, 0.25) is 0 Å². The molecule has 1 N–H and O–H groups in total. The molecule has 0 atom stereocenters. The Morgan fingerprint density at radius 3 is 1.94 bits per heavy atom. The van der Waals surface area contributed by atoms with E-state index in [1.54, 1.807) is 0 Å². The molecule has 0 saturated heterocycles. The van der Waals surface area contributed by atoms with E-state index in [-0.39, 0.29) is 0 Å². The van der Waals surface area contributed by atoms with Crippen LogP contribution in [0.3, 0.4) is 0 Å². The van der Waals surface area contributed by atoms with Gasteiger partial charge in [-0.05, 0) is 27.1 Å². The highest BCUT2D eigenvalue weighted by atomic mass is 15.1. The summed E-state index contributed by atoms with van der Waals surface area (Å²) in [5.74, 6) is 0. The summed E-state index contributed by atoms with van der Waals surface area (Å²) in [7, 11) is 4.24. The molecule has 0 radical (unpaired) electrons. The molecular weight excluding hydrogens is 196 g/mol. The number of hydrogen-bond acceptors (Lipinski definition) is 2. The van der Waals surface area contributed by atoms with Crippen LogP contribution in [0.25, 0.3) is 0 Å². The van der Waals surface area contributed by atoms with Crippen LogP contribution >= 0.6 is 0 Å². The third-order valence-corrected chi connectivity index (χ3v) is 3.14. The Labute approximate surface area is 103 Å². The largest absolute Gasteiger partial charge is 0.318 e. The first-order valence-electron chi connectivity index (χ1n) is 7.14. The standard InChI is InChI=1S/C14H32N2/c1-4-5-6-7-8-9-10-11-13-16(3)14-12-15-2/h15H,4-14H2,1-3H3. The molecule has 0 unspecified atom stereocenters. The maximum absolute atomic E-state index is 3.19. The second kappa shape index (κ2) is 13.0. The predicted molar refractivity (Wildman–Crippen MR) is 74.0 cm³/mol. The molecule has 0 aromatic rings. The van der Waals surface area contributed by atoms with Crippen molar-refractivity contribution in [1.82, 2.24) is 10.2 Å². The highest BCUT2D eigenvalue weighted by Crippen LogP contribution is 2.08. The molecule has 0 amide bonds. The van der Waals surface area contributed by atoms with Crippen LogP contribution < -0.4 is 5.32 Å². The van der Waals surface area contributed by atoms with Crippen molar-refractivity contribution in [3.63, 3.8) is 0 Å². The zero-order valence-corrected chi connectivity index (χ0v) is 11.7. The van der Waals surface area contributed by atoms with Gasteiger partial charge < -0.3 is 10.2 Å². The van der Waals surface area contributed by atoms with E-state index in [0.717, 1.165) is 6.54 Å². The van der Waals surface area contributed by atoms with Gasteiger partial charge in [-0.25, -0.2) is 0 Å². The van der Waals surface area contributed by atoms with Gasteiger partial charge in [0, 0.05) is 13.1 Å². The summed E-state index contributed by atoms with van der Waals surface area (Å²) in [4.78, 5) is 2.42. The van der Waals surface area contributed by atoms with Gasteiger partial charge in [-0.3, -0.25) is 0 Å². The number of unbranched alkanes of at least 4 members (excludes halogenated alkanes) is 7. The molecule has 0 aromatic carbocycles. The van der Waals surface area contributed by atoms with Gasteiger partial charge in [-0.15, -0.1) is 0 Å². The van der Waals surface area contributed by atoms with Crippen LogP contribution in [0, 0.1) is 0 Å². The monoisotopic (exact) mass is 228 g/mol. The predicted octanol–water partition coefficient (Wildman–Crippen LogP) is 3.28. The zero-order chi connectivity index (χ0) is 12.1. The first kappa shape index (κ1) is 15.9. The van der Waals surface area contributed by atoms with Gasteiger partial charge in [0.05, 0.1) is 0 Å². The Bertz CT molecular complexity index is 126. The van der Waals surface area contributed by atoms with E-state index >= 15 is 0 Å². The Kier molecular flexibility index (Phi) is 12.9. The van der Waals surface area contributed by atoms with Gasteiger partial charge in [0.15, 0.2) is 0 Å². The molecule has 0 aliphatic rings. The summed E-state index contributed by atoms with van der Waals surface area (Å²) in [5.41, 5.74) is 0. The van der Waals surface area contributed by atoms with Crippen LogP contribution in [0.2, 0.25) is 0 Å². The third-order valence-electron chi connectivity index (χ3n) is 3.14. The van der Waals surface area contributed by atoms with E-state index in [9.17, 15) is 0 Å². The minimum Gasteiger partial charge on any atom is -0.318 e. The molecule has 0 heterocycles. The van der Waals surface area contributed by atoms with E-state index in [1.165, 1.54) is 64.5 Å². The van der Waals surface area contributed by atoms with Crippen molar-refractivity contribution >= 4 is 0 Å². The summed E-state index contributed by atoms with van der Waals surface area (Å²) in [6, 6.07) is 0. The molecule has 2 heteroatoms. The molecule has 0 bridgehead atoms. The first-order valence-corrected chi connectivity index (χ1v) is 7.14. The average Bonchev–Trinajstić information content (AvgIpc) is 2.30. The molecule has 98 valence electrons. The van der Waals surface area contributed by atoms with Crippen molar-refractivity contribution in [3.8, 4) is 0 Å². The molecular formula is C14H32N2. The van der Waals surface area contributed by atoms with Crippen molar-refractivity contribution in [2.75, 3.05) is 33.7 Å². The molecule has 0 aliphatic heterocycles. The molecule has 0 aliphatic carbocycles. The van der Waals surface area contributed by atoms with E-state index in [1.807, 2.05) is 7.05 Å². The lowest BCUT2D eigenvalue weighted by Gasteiger charge is -2.15. The zero-order valence-electron chi connectivity index (χ0n) is 11.7. The summed E-state index contributed by atoms with van der Waals surface area (Å²) < 4.78 is 0. The number of rotatable bonds is 12. The van der Waals surface area contributed by atoms with Gasteiger partial charge in [-0.2, -0.15) is 0 Å². The number of nitrogens with one attached hydrogen (secondary N) is 1.